The Bertz CT molecular complexity index is 1770. The second kappa shape index (κ2) is 15.6. The first-order chi connectivity index (χ1) is 22.7. The molecule has 252 valence electrons. The minimum absolute atomic E-state index is 0.0286. The molecule has 13 nitrogen and oxygen atoms in total. The minimum atomic E-state index is -1.66. The van der Waals surface area contributed by atoms with Gasteiger partial charge in [-0.05, 0) is 62.7 Å². The monoisotopic (exact) mass is 698 g/mol. The zero-order valence-corrected chi connectivity index (χ0v) is 27.9. The van der Waals surface area contributed by atoms with Gasteiger partial charge in [-0.1, -0.05) is 47.5 Å². The zero-order chi connectivity index (χ0) is 35.0. The van der Waals surface area contributed by atoms with Crippen LogP contribution in [-0.4, -0.2) is 60.7 Å². The molecule has 1 aliphatic rings. The first kappa shape index (κ1) is 35.7. The summed E-state index contributed by atoms with van der Waals surface area (Å²) in [5.74, 6) is -2.07. The molecule has 48 heavy (non-hydrogen) atoms. The van der Waals surface area contributed by atoms with Crippen molar-refractivity contribution in [1.29, 1.82) is 0 Å². The number of nitrogens with zero attached hydrogens (tertiary/aromatic N) is 1. The van der Waals surface area contributed by atoms with E-state index in [2.05, 4.69) is 20.9 Å². The molecule has 4 rings (SSSR count). The van der Waals surface area contributed by atoms with Crippen molar-refractivity contribution >= 4 is 64.6 Å². The van der Waals surface area contributed by atoms with Gasteiger partial charge in [0.1, 0.15) is 18.0 Å². The summed E-state index contributed by atoms with van der Waals surface area (Å²) < 4.78 is 20.9. The zero-order valence-electron chi connectivity index (χ0n) is 26.3. The van der Waals surface area contributed by atoms with Gasteiger partial charge < -0.3 is 34.9 Å². The molecule has 0 fully saturated rings. The standard InChI is InChI=1S/C33H32Cl2N4O9/c1-18(40)46-26-12-9-19(15-23(26)28(41)36-13-14-37-31(43)48-33(2,3)4)17-45-32(44)47-30-29(42)38-25-11-10-20(34)16-22(25)27(39-30)21-7-5-6-8-24(21)35/h5-12,15-16,30H,13-14,17H2,1-4H3,(H,36,41)(H,37,43)(H,38,42). The van der Waals surface area contributed by atoms with Crippen LogP contribution in [0.15, 0.2) is 65.7 Å². The lowest BCUT2D eigenvalue weighted by molar-refractivity contribution is -0.132. The molecule has 1 unspecified atom stereocenters. The van der Waals surface area contributed by atoms with Gasteiger partial charge in [-0.2, -0.15) is 0 Å². The highest BCUT2D eigenvalue weighted by molar-refractivity contribution is 6.37. The van der Waals surface area contributed by atoms with Crippen molar-refractivity contribution in [2.75, 3.05) is 18.4 Å². The molecule has 0 radical (unpaired) electrons. The maximum Gasteiger partial charge on any atom is 0.511 e. The van der Waals surface area contributed by atoms with Crippen LogP contribution < -0.4 is 20.7 Å². The number of esters is 1. The number of carbonyl (C=O) groups is 5. The molecule has 0 spiro atoms. The van der Waals surface area contributed by atoms with Gasteiger partial charge in [0, 0.05) is 41.2 Å². The SMILES string of the molecule is CC(=O)Oc1ccc(COC(=O)OC2N=C(c3ccccc3Cl)c3cc(Cl)ccc3NC2=O)cc1C(=O)NCCNC(=O)OC(C)(C)C. The summed E-state index contributed by atoms with van der Waals surface area (Å²) in [7, 11) is 0. The number of anilines is 1. The molecule has 0 saturated carbocycles. The van der Waals surface area contributed by atoms with Gasteiger partial charge in [-0.25, -0.2) is 14.6 Å². The van der Waals surface area contributed by atoms with E-state index in [1.165, 1.54) is 25.1 Å². The van der Waals surface area contributed by atoms with E-state index in [0.29, 0.717) is 32.4 Å². The lowest BCUT2D eigenvalue weighted by Gasteiger charge is -2.19. The van der Waals surface area contributed by atoms with E-state index in [9.17, 15) is 24.0 Å². The van der Waals surface area contributed by atoms with Crippen molar-refractivity contribution in [3.63, 3.8) is 0 Å². The van der Waals surface area contributed by atoms with E-state index >= 15 is 0 Å². The molecule has 1 atom stereocenters. The Morgan fingerprint density at radius 2 is 1.67 bits per heavy atom. The average Bonchev–Trinajstić information content (AvgIpc) is 3.13. The number of fused-ring (bicyclic) bond motifs is 1. The lowest BCUT2D eigenvalue weighted by atomic mass is 10.0. The highest BCUT2D eigenvalue weighted by Gasteiger charge is 2.30. The van der Waals surface area contributed by atoms with Crippen LogP contribution in [0.25, 0.3) is 0 Å². The Hall–Kier alpha value is -5.14. The number of hydrogen-bond donors (Lipinski definition) is 3. The van der Waals surface area contributed by atoms with Crippen molar-refractivity contribution < 1.29 is 42.9 Å². The highest BCUT2D eigenvalue weighted by Crippen LogP contribution is 2.30. The van der Waals surface area contributed by atoms with Gasteiger partial charge in [0.2, 0.25) is 0 Å². The lowest BCUT2D eigenvalue weighted by Crippen LogP contribution is -2.38. The summed E-state index contributed by atoms with van der Waals surface area (Å²) in [6.07, 6.45) is -3.54. The topological polar surface area (TPSA) is 171 Å². The number of ether oxygens (including phenoxy) is 4. The van der Waals surface area contributed by atoms with Crippen LogP contribution >= 0.6 is 23.2 Å². The number of rotatable bonds is 9. The second-order valence-corrected chi connectivity index (χ2v) is 12.1. The van der Waals surface area contributed by atoms with Gasteiger partial charge in [-0.3, -0.25) is 14.4 Å². The van der Waals surface area contributed by atoms with E-state index < -0.39 is 41.9 Å². The van der Waals surface area contributed by atoms with Crippen LogP contribution in [0.2, 0.25) is 10.0 Å². The third kappa shape index (κ3) is 9.93. The molecule has 3 amide bonds. The Labute approximate surface area is 285 Å². The second-order valence-electron chi connectivity index (χ2n) is 11.3. The van der Waals surface area contributed by atoms with Gasteiger partial charge in [0.25, 0.3) is 18.0 Å². The Morgan fingerprint density at radius 1 is 0.938 bits per heavy atom. The molecule has 3 N–H and O–H groups in total. The van der Waals surface area contributed by atoms with Crippen LogP contribution in [0.5, 0.6) is 5.75 Å². The van der Waals surface area contributed by atoms with Gasteiger partial charge in [0.15, 0.2) is 0 Å². The summed E-state index contributed by atoms with van der Waals surface area (Å²) in [6.45, 7) is 6.04. The fraction of sp³-hybridized carbons (Fsp3) is 0.273. The summed E-state index contributed by atoms with van der Waals surface area (Å²) in [5, 5.41) is 8.52. The number of aliphatic imine (C=N–C) groups is 1. The van der Waals surface area contributed by atoms with Crippen molar-refractivity contribution in [2.45, 2.75) is 46.1 Å². The van der Waals surface area contributed by atoms with Crippen molar-refractivity contribution in [3.8, 4) is 5.75 Å². The Balaban J connectivity index is 1.45. The van der Waals surface area contributed by atoms with Crippen LogP contribution in [0.1, 0.15) is 54.7 Å². The number of carbonyl (C=O) groups excluding carboxylic acids is 5. The fourth-order valence-electron chi connectivity index (χ4n) is 4.31. The number of nitrogens with one attached hydrogen (secondary N) is 3. The summed E-state index contributed by atoms with van der Waals surface area (Å²) in [6, 6.07) is 15.8. The molecule has 0 aliphatic carbocycles. The molecule has 3 aromatic rings. The molecule has 1 heterocycles. The minimum Gasteiger partial charge on any atom is -0.444 e. The Kier molecular flexibility index (Phi) is 11.6. The van der Waals surface area contributed by atoms with E-state index in [4.69, 9.17) is 42.1 Å². The van der Waals surface area contributed by atoms with E-state index in [1.807, 2.05) is 0 Å². The van der Waals surface area contributed by atoms with Crippen LogP contribution in [0.3, 0.4) is 0 Å². The molecule has 0 aromatic heterocycles. The van der Waals surface area contributed by atoms with Crippen LogP contribution in [0.4, 0.5) is 15.3 Å². The van der Waals surface area contributed by atoms with E-state index in [1.54, 1.807) is 63.2 Å². The fourth-order valence-corrected chi connectivity index (χ4v) is 4.71. The summed E-state index contributed by atoms with van der Waals surface area (Å²) in [5.41, 5.74) is 1.17. The largest absolute Gasteiger partial charge is 0.511 e. The van der Waals surface area contributed by atoms with Crippen molar-refractivity contribution in [3.05, 3.63) is 93.0 Å². The Morgan fingerprint density at radius 3 is 2.38 bits per heavy atom. The predicted molar refractivity (Wildman–Crippen MR) is 177 cm³/mol. The van der Waals surface area contributed by atoms with Crippen molar-refractivity contribution in [1.82, 2.24) is 10.6 Å². The van der Waals surface area contributed by atoms with E-state index in [0.717, 1.165) is 0 Å². The summed E-state index contributed by atoms with van der Waals surface area (Å²) in [4.78, 5) is 66.7. The maximum absolute atomic E-state index is 13.1. The number of benzene rings is 3. The summed E-state index contributed by atoms with van der Waals surface area (Å²) >= 11 is 12.7. The molecular weight excluding hydrogens is 667 g/mol. The quantitative estimate of drug-likeness (QED) is 0.145. The first-order valence-corrected chi connectivity index (χ1v) is 15.3. The number of halogens is 2. The molecule has 15 heteroatoms. The number of hydrogen-bond acceptors (Lipinski definition) is 10. The van der Waals surface area contributed by atoms with Crippen LogP contribution in [0, 0.1) is 0 Å². The van der Waals surface area contributed by atoms with Gasteiger partial charge >= 0.3 is 18.2 Å². The number of benzodiazepines with no additional fused rings is 1. The molecule has 0 saturated heterocycles. The molecule has 1 aliphatic heterocycles. The molecular formula is C33H32Cl2N4O9. The number of alkyl carbamates (subject to hydrolysis) is 1. The number of amides is 3. The third-order valence-corrected chi connectivity index (χ3v) is 6.84. The smallest absolute Gasteiger partial charge is 0.444 e. The molecule has 0 bridgehead atoms. The third-order valence-electron chi connectivity index (χ3n) is 6.28. The van der Waals surface area contributed by atoms with Gasteiger partial charge in [0.05, 0.1) is 17.0 Å². The molecule has 3 aromatic carbocycles. The maximum atomic E-state index is 13.1. The van der Waals surface area contributed by atoms with Crippen LogP contribution in [-0.2, 0) is 30.4 Å². The van der Waals surface area contributed by atoms with Gasteiger partial charge in [-0.15, -0.1) is 0 Å². The normalized spacial score (nSPS) is 13.9. The van der Waals surface area contributed by atoms with Crippen molar-refractivity contribution in [2.24, 2.45) is 4.99 Å². The predicted octanol–water partition coefficient (Wildman–Crippen LogP) is 5.64. The average molecular weight is 700 g/mol. The highest BCUT2D eigenvalue weighted by atomic mass is 35.5. The van der Waals surface area contributed by atoms with E-state index in [-0.39, 0.29) is 36.7 Å². The first-order valence-electron chi connectivity index (χ1n) is 14.5.